The van der Waals surface area contributed by atoms with E-state index in [2.05, 4.69) is 22.8 Å². The van der Waals surface area contributed by atoms with Crippen molar-refractivity contribution in [3.63, 3.8) is 0 Å². The molecule has 1 aliphatic carbocycles. The van der Waals surface area contributed by atoms with Gasteiger partial charge in [-0.3, -0.25) is 5.43 Å². The minimum absolute atomic E-state index is 0.145. The van der Waals surface area contributed by atoms with Crippen LogP contribution in [0.2, 0.25) is 0 Å². The molecule has 0 aliphatic heterocycles. The molecule has 2 atom stereocenters. The maximum atomic E-state index is 9.77. The van der Waals surface area contributed by atoms with Crippen LogP contribution in [0, 0.1) is 5.92 Å². The third-order valence-electron chi connectivity index (χ3n) is 4.03. The maximum absolute atomic E-state index is 9.77. The summed E-state index contributed by atoms with van der Waals surface area (Å²) >= 11 is 5.26. The first-order valence-corrected chi connectivity index (χ1v) is 7.97. The minimum Gasteiger partial charge on any atom is -0.507 e. The van der Waals surface area contributed by atoms with Gasteiger partial charge in [-0.1, -0.05) is 19.8 Å². The predicted molar refractivity (Wildman–Crippen MR) is 92.5 cm³/mol. The summed E-state index contributed by atoms with van der Waals surface area (Å²) in [6, 6.07) is 5.38. The standard InChI is InChI=1S/C16H23N3O2S/c1-11-5-3-4-6-14(11)18-16(22)19-17-10-12-9-13(21-2)7-8-15(12)20/h7-11,14,20H,3-6H2,1-2H3,(H2,18,19,22)/b17-10+/t11-,14+/m1/s1. The lowest BCUT2D eigenvalue weighted by molar-refractivity contribution is 0.308. The number of hydrogen-bond donors (Lipinski definition) is 3. The second-order valence-electron chi connectivity index (χ2n) is 5.64. The van der Waals surface area contributed by atoms with Crippen molar-refractivity contribution < 1.29 is 9.84 Å². The summed E-state index contributed by atoms with van der Waals surface area (Å²) in [4.78, 5) is 0. The molecule has 120 valence electrons. The Morgan fingerprint density at radius 2 is 2.18 bits per heavy atom. The fourth-order valence-corrected chi connectivity index (χ4v) is 2.86. The molecule has 0 aromatic heterocycles. The van der Waals surface area contributed by atoms with E-state index in [1.165, 1.54) is 25.5 Å². The SMILES string of the molecule is COc1ccc(O)c(/C=N/NC(=S)N[C@H]2CCCC[C@H]2C)c1. The second kappa shape index (κ2) is 7.98. The van der Waals surface area contributed by atoms with Gasteiger partial charge in [0.1, 0.15) is 11.5 Å². The quantitative estimate of drug-likeness (QED) is 0.452. The van der Waals surface area contributed by atoms with Crippen molar-refractivity contribution in [3.8, 4) is 11.5 Å². The molecule has 2 rings (SSSR count). The molecule has 0 heterocycles. The highest BCUT2D eigenvalue weighted by Crippen LogP contribution is 2.23. The van der Waals surface area contributed by atoms with E-state index in [4.69, 9.17) is 17.0 Å². The fraction of sp³-hybridized carbons (Fsp3) is 0.500. The Kier molecular flexibility index (Phi) is 6.00. The Morgan fingerprint density at radius 1 is 1.41 bits per heavy atom. The Labute approximate surface area is 136 Å². The lowest BCUT2D eigenvalue weighted by Gasteiger charge is -2.30. The van der Waals surface area contributed by atoms with Crippen molar-refractivity contribution in [2.24, 2.45) is 11.0 Å². The summed E-state index contributed by atoms with van der Waals surface area (Å²) < 4.78 is 5.12. The van der Waals surface area contributed by atoms with Crippen molar-refractivity contribution in [2.45, 2.75) is 38.6 Å². The van der Waals surface area contributed by atoms with Crippen molar-refractivity contribution in [1.82, 2.24) is 10.7 Å². The van der Waals surface area contributed by atoms with Gasteiger partial charge in [0.15, 0.2) is 5.11 Å². The number of phenols is 1. The molecule has 1 saturated carbocycles. The van der Waals surface area contributed by atoms with E-state index >= 15 is 0 Å². The van der Waals surface area contributed by atoms with Crippen LogP contribution in [0.15, 0.2) is 23.3 Å². The summed E-state index contributed by atoms with van der Waals surface area (Å²) in [5, 5.41) is 17.7. The van der Waals surface area contributed by atoms with Crippen LogP contribution in [0.3, 0.4) is 0 Å². The maximum Gasteiger partial charge on any atom is 0.187 e. The van der Waals surface area contributed by atoms with Gasteiger partial charge in [0.2, 0.25) is 0 Å². The Hall–Kier alpha value is -1.82. The highest BCUT2D eigenvalue weighted by Gasteiger charge is 2.21. The summed E-state index contributed by atoms with van der Waals surface area (Å²) in [5.41, 5.74) is 3.37. The summed E-state index contributed by atoms with van der Waals surface area (Å²) in [6.07, 6.45) is 6.44. The van der Waals surface area contributed by atoms with Crippen molar-refractivity contribution >= 4 is 23.5 Å². The average molecular weight is 321 g/mol. The van der Waals surface area contributed by atoms with Gasteiger partial charge in [0.25, 0.3) is 0 Å². The van der Waals surface area contributed by atoms with E-state index in [1.807, 2.05) is 0 Å². The Balaban J connectivity index is 1.87. The summed E-state index contributed by atoms with van der Waals surface area (Å²) in [7, 11) is 1.58. The van der Waals surface area contributed by atoms with Crippen LogP contribution in [-0.4, -0.2) is 29.6 Å². The molecule has 1 fully saturated rings. The van der Waals surface area contributed by atoms with Crippen LogP contribution in [0.4, 0.5) is 0 Å². The molecule has 0 amide bonds. The Morgan fingerprint density at radius 3 is 2.91 bits per heavy atom. The number of ether oxygens (including phenoxy) is 1. The fourth-order valence-electron chi connectivity index (χ4n) is 2.65. The third-order valence-corrected chi connectivity index (χ3v) is 4.24. The molecule has 5 nitrogen and oxygen atoms in total. The van der Waals surface area contributed by atoms with E-state index in [0.29, 0.717) is 28.4 Å². The molecular weight excluding hydrogens is 298 g/mol. The van der Waals surface area contributed by atoms with Gasteiger partial charge in [0.05, 0.1) is 13.3 Å². The molecule has 3 N–H and O–H groups in total. The van der Waals surface area contributed by atoms with Gasteiger partial charge in [-0.2, -0.15) is 5.10 Å². The zero-order chi connectivity index (χ0) is 15.9. The van der Waals surface area contributed by atoms with Crippen molar-refractivity contribution in [2.75, 3.05) is 7.11 Å². The number of aromatic hydroxyl groups is 1. The van der Waals surface area contributed by atoms with Crippen LogP contribution < -0.4 is 15.5 Å². The molecule has 1 aromatic carbocycles. The highest BCUT2D eigenvalue weighted by molar-refractivity contribution is 7.80. The number of methoxy groups -OCH3 is 1. The van der Waals surface area contributed by atoms with Crippen LogP contribution in [0.1, 0.15) is 38.2 Å². The van der Waals surface area contributed by atoms with Gasteiger partial charge in [-0.15, -0.1) is 0 Å². The lowest BCUT2D eigenvalue weighted by Crippen LogP contribution is -2.44. The van der Waals surface area contributed by atoms with E-state index in [-0.39, 0.29) is 5.75 Å². The Bertz CT molecular complexity index is 548. The van der Waals surface area contributed by atoms with E-state index in [9.17, 15) is 5.11 Å². The van der Waals surface area contributed by atoms with Crippen LogP contribution in [0.5, 0.6) is 11.5 Å². The summed E-state index contributed by atoms with van der Waals surface area (Å²) in [6.45, 7) is 2.25. The summed E-state index contributed by atoms with van der Waals surface area (Å²) in [5.74, 6) is 1.43. The van der Waals surface area contributed by atoms with Crippen molar-refractivity contribution in [3.05, 3.63) is 23.8 Å². The van der Waals surface area contributed by atoms with Gasteiger partial charge in [-0.25, -0.2) is 0 Å². The van der Waals surface area contributed by atoms with Gasteiger partial charge in [0, 0.05) is 11.6 Å². The molecule has 6 heteroatoms. The number of nitrogens with zero attached hydrogens (tertiary/aromatic N) is 1. The number of hydrazone groups is 1. The number of hydrogen-bond acceptors (Lipinski definition) is 4. The normalized spacial score (nSPS) is 21.5. The van der Waals surface area contributed by atoms with Crippen LogP contribution in [-0.2, 0) is 0 Å². The van der Waals surface area contributed by atoms with Gasteiger partial charge in [-0.05, 0) is 49.2 Å². The first kappa shape index (κ1) is 16.5. The molecule has 0 unspecified atom stereocenters. The van der Waals surface area contributed by atoms with Crippen LogP contribution >= 0.6 is 12.2 Å². The van der Waals surface area contributed by atoms with E-state index < -0.39 is 0 Å². The first-order valence-electron chi connectivity index (χ1n) is 7.56. The zero-order valence-electron chi connectivity index (χ0n) is 13.0. The molecule has 0 saturated heterocycles. The van der Waals surface area contributed by atoms with Gasteiger partial charge < -0.3 is 15.2 Å². The number of nitrogens with one attached hydrogen (secondary N) is 2. The molecule has 1 aliphatic rings. The highest BCUT2D eigenvalue weighted by atomic mass is 32.1. The van der Waals surface area contributed by atoms with Gasteiger partial charge >= 0.3 is 0 Å². The molecule has 1 aromatic rings. The van der Waals surface area contributed by atoms with E-state index in [1.54, 1.807) is 25.3 Å². The molecular formula is C16H23N3O2S. The second-order valence-corrected chi connectivity index (χ2v) is 6.04. The van der Waals surface area contributed by atoms with Crippen molar-refractivity contribution in [1.29, 1.82) is 0 Å². The smallest absolute Gasteiger partial charge is 0.187 e. The lowest BCUT2D eigenvalue weighted by atomic mass is 9.86. The molecule has 0 bridgehead atoms. The largest absolute Gasteiger partial charge is 0.507 e. The zero-order valence-corrected chi connectivity index (χ0v) is 13.8. The first-order chi connectivity index (χ1) is 10.6. The van der Waals surface area contributed by atoms with E-state index in [0.717, 1.165) is 6.42 Å². The monoisotopic (exact) mass is 321 g/mol. The predicted octanol–water partition coefficient (Wildman–Crippen LogP) is 2.78. The minimum atomic E-state index is 0.145. The number of thiocarbonyl (C=S) groups is 1. The topological polar surface area (TPSA) is 65.9 Å². The number of benzene rings is 1. The molecule has 0 radical (unpaired) electrons. The third kappa shape index (κ3) is 4.59. The molecule has 22 heavy (non-hydrogen) atoms. The molecule has 0 spiro atoms. The average Bonchev–Trinajstić information content (AvgIpc) is 2.51. The number of rotatable bonds is 4. The number of phenolic OH excluding ortho intramolecular Hbond substituents is 1. The van der Waals surface area contributed by atoms with Crippen LogP contribution in [0.25, 0.3) is 0 Å².